The summed E-state index contributed by atoms with van der Waals surface area (Å²) in [5.41, 5.74) is -5.45. The zero-order chi connectivity index (χ0) is 81.0. The number of amides is 12. The van der Waals surface area contributed by atoms with Gasteiger partial charge in [0.15, 0.2) is 0 Å². The van der Waals surface area contributed by atoms with Crippen molar-refractivity contribution in [1.82, 2.24) is 60.0 Å². The average Bonchev–Trinajstić information content (AvgIpc) is 1.75. The molecular weight excluding hydrogens is 1460 g/mol. The molecular formula is C76H106F8N12O14. The van der Waals surface area contributed by atoms with Gasteiger partial charge in [-0.3, -0.25) is 57.5 Å². The van der Waals surface area contributed by atoms with E-state index in [4.69, 9.17) is 9.47 Å². The van der Waals surface area contributed by atoms with Crippen molar-refractivity contribution in [3.8, 4) is 0 Å². The molecule has 2 aromatic carbocycles. The summed E-state index contributed by atoms with van der Waals surface area (Å²) in [6, 6.07) is -7.29. The zero-order valence-electron chi connectivity index (χ0n) is 64.4. The number of fused-ring (bicyclic) bond motifs is 10. The SMILES string of the molecule is CCO[C@@H]1C[C@H]2C(=O)N[C@@]3(C)CCCCCC[C@@H](C(=O)N[C@@H]([C@@H](C)CC)C(=O)N(C)CC(=O)N(C)[C@H]4CCCCN(C4=O)[C@@H](Cc4ccc(C(F)(F)F)cc4)C(=O)N(C)CC(=O)N[C@@H](CCc4cc(F)c(C(F)(F)F)c(F)c4)C(=O)N2C1)N(C)C(=O)C[C@@H](C(=O)N1CCOCC1)N(C)C(=O)[C@H](C1CCCC1)N(C)C3=O. The van der Waals surface area contributed by atoms with Gasteiger partial charge in [0.25, 0.3) is 0 Å². The van der Waals surface area contributed by atoms with Gasteiger partial charge in [-0.1, -0.05) is 70.9 Å². The fourth-order valence-electron chi connectivity index (χ4n) is 16.0. The van der Waals surface area contributed by atoms with Crippen LogP contribution in [0, 0.1) is 23.5 Å². The molecule has 26 nitrogen and oxygen atoms in total. The molecule has 110 heavy (non-hydrogen) atoms. The molecule has 12 amide bonds. The molecule has 5 heterocycles. The number of morpholine rings is 1. The molecule has 34 heteroatoms. The number of ether oxygens (including phenoxy) is 2. The third-order valence-corrected chi connectivity index (χ3v) is 22.8. The summed E-state index contributed by atoms with van der Waals surface area (Å²) in [5.74, 6) is -15.1. The van der Waals surface area contributed by atoms with Crippen LogP contribution in [0.4, 0.5) is 35.1 Å². The van der Waals surface area contributed by atoms with Crippen LogP contribution in [0.15, 0.2) is 36.4 Å². The molecule has 5 saturated heterocycles. The fourth-order valence-corrected chi connectivity index (χ4v) is 16.0. The average molecular weight is 1560 g/mol. The molecule has 0 spiro atoms. The number of alkyl halides is 6. The van der Waals surface area contributed by atoms with Gasteiger partial charge in [-0.25, -0.2) is 8.78 Å². The maximum atomic E-state index is 15.9. The third-order valence-electron chi connectivity index (χ3n) is 22.8. The number of carbonyl (C=O) groups excluding carboxylic acids is 12. The largest absolute Gasteiger partial charge is 0.422 e. The molecule has 2 aromatic rings. The van der Waals surface area contributed by atoms with Crippen LogP contribution >= 0.6 is 0 Å². The number of nitrogens with zero attached hydrogens (tertiary/aromatic N) is 9. The topological polar surface area (TPSA) is 289 Å². The van der Waals surface area contributed by atoms with Crippen molar-refractivity contribution < 1.29 is 102 Å². The first-order chi connectivity index (χ1) is 51.8. The Morgan fingerprint density at radius 2 is 1.23 bits per heavy atom. The number of hydrogen-bond donors (Lipinski definition) is 3. The van der Waals surface area contributed by atoms with Gasteiger partial charge in [0, 0.05) is 87.9 Å². The number of aryl methyl sites for hydroxylation is 1. The molecule has 11 atom stereocenters. The third kappa shape index (κ3) is 21.0. The Hall–Kier alpha value is -8.56. The van der Waals surface area contributed by atoms with Crippen LogP contribution in [0.5, 0.6) is 0 Å². The molecule has 1 aliphatic carbocycles. The molecule has 0 unspecified atom stereocenters. The molecule has 5 aliphatic heterocycles. The van der Waals surface area contributed by atoms with E-state index < -0.39 is 222 Å². The molecule has 8 rings (SSSR count). The van der Waals surface area contributed by atoms with Crippen LogP contribution in [0.25, 0.3) is 0 Å². The second kappa shape index (κ2) is 37.6. The summed E-state index contributed by atoms with van der Waals surface area (Å²) >= 11 is 0. The van der Waals surface area contributed by atoms with Gasteiger partial charge < -0.3 is 69.5 Å². The lowest BCUT2D eigenvalue weighted by Gasteiger charge is -2.42. The Morgan fingerprint density at radius 3 is 1.85 bits per heavy atom. The van der Waals surface area contributed by atoms with Crippen LogP contribution in [-0.2, 0) is 92.2 Å². The molecule has 4 bridgehead atoms. The van der Waals surface area contributed by atoms with Gasteiger partial charge >= 0.3 is 12.4 Å². The maximum Gasteiger partial charge on any atom is 0.422 e. The van der Waals surface area contributed by atoms with Crippen molar-refractivity contribution in [2.24, 2.45) is 11.8 Å². The summed E-state index contributed by atoms with van der Waals surface area (Å²) in [4.78, 5) is 193. The molecule has 6 aliphatic rings. The first-order valence-corrected chi connectivity index (χ1v) is 38.1. The van der Waals surface area contributed by atoms with Gasteiger partial charge in [0.05, 0.1) is 44.4 Å². The number of hydrogen-bond acceptors (Lipinski definition) is 14. The first-order valence-electron chi connectivity index (χ1n) is 38.1. The van der Waals surface area contributed by atoms with Crippen molar-refractivity contribution in [3.05, 3.63) is 70.3 Å². The van der Waals surface area contributed by atoms with E-state index in [1.54, 1.807) is 20.8 Å². The minimum Gasteiger partial charge on any atom is -0.378 e. The number of likely N-dealkylation sites (N-methyl/N-ethyl adjacent to an activating group) is 6. The molecule has 6 fully saturated rings. The van der Waals surface area contributed by atoms with Gasteiger partial charge in [-0.05, 0) is 119 Å². The lowest BCUT2D eigenvalue weighted by Crippen LogP contribution is -2.65. The summed E-state index contributed by atoms with van der Waals surface area (Å²) in [6.45, 7) is 4.96. The standard InChI is InChI=1S/C76H106F8N12O14/c1-11-45(3)63-71(106)89(6)44-61(99)91(8)55-24-18-20-32-95(70(55)105)58(39-46-25-28-49(29-26-46)75(79,80)81)68(103)88(5)43-59(97)85-53(30-27-47-37-51(77)62(52(78)38-47)76(82,83)84)67(102)96-42-50(110-12-2)40-56(96)66(101)87-74(4)31-19-14-13-15-23-54(65(100)86-63)90(7)60(98)41-57(69(104)94-33-35-109-36-34-94)92(9)72(107)64(93(10)73(74)108)48-21-16-17-22-48/h25-26,28-29,37-38,45,48,50,53-58,63-64H,11-24,27,30-36,39-44H2,1-10H3,(H,85,97)(H,86,100)(H,87,101)/t45-,50+,53-,54-,55-,56-,57-,58-,63-,64-,74-/m0/s1. The molecule has 0 radical (unpaired) electrons. The maximum absolute atomic E-state index is 15.9. The predicted molar refractivity (Wildman–Crippen MR) is 383 cm³/mol. The summed E-state index contributed by atoms with van der Waals surface area (Å²) < 4.78 is 126. The van der Waals surface area contributed by atoms with E-state index in [-0.39, 0.29) is 103 Å². The van der Waals surface area contributed by atoms with Crippen molar-refractivity contribution in [2.75, 3.05) is 101 Å². The minimum absolute atomic E-state index is 0.0182. The van der Waals surface area contributed by atoms with Gasteiger partial charge in [-0.15, -0.1) is 0 Å². The minimum atomic E-state index is -5.46. The number of rotatable bonds is 11. The normalized spacial score (nSPS) is 27.6. The smallest absolute Gasteiger partial charge is 0.378 e. The summed E-state index contributed by atoms with van der Waals surface area (Å²) in [5, 5.41) is 8.38. The lowest BCUT2D eigenvalue weighted by atomic mass is 9.88. The van der Waals surface area contributed by atoms with E-state index in [2.05, 4.69) is 16.0 Å². The van der Waals surface area contributed by atoms with Crippen molar-refractivity contribution in [1.29, 1.82) is 0 Å². The quantitative estimate of drug-likeness (QED) is 0.235. The van der Waals surface area contributed by atoms with Crippen LogP contribution in [0.2, 0.25) is 0 Å². The zero-order valence-corrected chi connectivity index (χ0v) is 64.4. The Bertz CT molecular complexity index is 3650. The summed E-state index contributed by atoms with van der Waals surface area (Å²) in [6.07, 6.45) is -9.75. The highest BCUT2D eigenvalue weighted by Crippen LogP contribution is 2.37. The Morgan fingerprint density at radius 1 is 0.627 bits per heavy atom. The second-order valence-corrected chi connectivity index (χ2v) is 30.4. The van der Waals surface area contributed by atoms with E-state index in [0.29, 0.717) is 57.1 Å². The van der Waals surface area contributed by atoms with Crippen molar-refractivity contribution in [2.45, 2.75) is 222 Å². The van der Waals surface area contributed by atoms with E-state index in [9.17, 15) is 40.7 Å². The van der Waals surface area contributed by atoms with Crippen molar-refractivity contribution >= 4 is 70.9 Å². The second-order valence-electron chi connectivity index (χ2n) is 30.4. The monoisotopic (exact) mass is 1560 g/mol. The Kier molecular flexibility index (Phi) is 29.8. The molecule has 1 saturated carbocycles. The predicted octanol–water partition coefficient (Wildman–Crippen LogP) is 5.49. The van der Waals surface area contributed by atoms with Gasteiger partial charge in [0.1, 0.15) is 71.1 Å². The van der Waals surface area contributed by atoms with E-state index in [1.165, 1.54) is 56.9 Å². The Balaban J connectivity index is 1.27. The van der Waals surface area contributed by atoms with Gasteiger partial charge in [-0.2, -0.15) is 26.3 Å². The van der Waals surface area contributed by atoms with E-state index >= 15 is 51.9 Å². The fraction of sp³-hybridized carbons (Fsp3) is 0.684. The first kappa shape index (κ1) is 87.0. The molecule has 610 valence electrons. The Labute approximate surface area is 636 Å². The number of nitrogens with one attached hydrogen (secondary N) is 3. The molecule has 0 aromatic heterocycles. The van der Waals surface area contributed by atoms with Crippen LogP contribution in [0.3, 0.4) is 0 Å². The number of halogens is 8. The number of benzene rings is 2. The van der Waals surface area contributed by atoms with E-state index in [1.807, 2.05) is 0 Å². The van der Waals surface area contributed by atoms with E-state index in [0.717, 1.165) is 60.7 Å². The van der Waals surface area contributed by atoms with Crippen LogP contribution < -0.4 is 16.0 Å². The highest BCUT2D eigenvalue weighted by molar-refractivity contribution is 6.01. The lowest BCUT2D eigenvalue weighted by molar-refractivity contribution is -0.157. The van der Waals surface area contributed by atoms with Crippen LogP contribution in [-0.4, -0.2) is 276 Å². The highest BCUT2D eigenvalue weighted by Gasteiger charge is 2.51. The summed E-state index contributed by atoms with van der Waals surface area (Å²) in [7, 11) is 7.93. The van der Waals surface area contributed by atoms with Crippen LogP contribution in [0.1, 0.15) is 159 Å². The van der Waals surface area contributed by atoms with Crippen molar-refractivity contribution in [3.63, 3.8) is 0 Å². The highest BCUT2D eigenvalue weighted by atomic mass is 19.4. The van der Waals surface area contributed by atoms with Gasteiger partial charge in [0.2, 0.25) is 70.9 Å². The molecule has 3 N–H and O–H groups in total. The number of carbonyl (C=O) groups is 12.